The van der Waals surface area contributed by atoms with Crippen molar-refractivity contribution in [2.75, 3.05) is 7.11 Å². The van der Waals surface area contributed by atoms with Gasteiger partial charge >= 0.3 is 0 Å². The summed E-state index contributed by atoms with van der Waals surface area (Å²) in [6.07, 6.45) is 0. The summed E-state index contributed by atoms with van der Waals surface area (Å²) in [4.78, 5) is 11.0. The fraction of sp³-hybridized carbons (Fsp3) is 0.0909. The van der Waals surface area contributed by atoms with E-state index in [-0.39, 0.29) is 11.5 Å². The smallest absolute Gasteiger partial charge is 0.198 e. The predicted octanol–water partition coefficient (Wildman–Crippen LogP) is 2.46. The van der Waals surface area contributed by atoms with Gasteiger partial charge < -0.3 is 9.15 Å². The Labute approximate surface area is 81.3 Å². The molecule has 0 spiro atoms. The predicted molar refractivity (Wildman–Crippen MR) is 52.5 cm³/mol. The van der Waals surface area contributed by atoms with Crippen LogP contribution in [0.4, 0.5) is 0 Å². The van der Waals surface area contributed by atoms with Crippen LogP contribution >= 0.6 is 0 Å². The molecular formula is C11H9O3. The Kier molecular flexibility index (Phi) is 2.00. The van der Waals surface area contributed by atoms with Crippen molar-refractivity contribution >= 4 is 16.8 Å². The summed E-state index contributed by atoms with van der Waals surface area (Å²) in [7, 11) is 1.56. The van der Waals surface area contributed by atoms with Gasteiger partial charge in [-0.25, -0.2) is 0 Å². The lowest BCUT2D eigenvalue weighted by Gasteiger charge is -1.98. The lowest BCUT2D eigenvalue weighted by atomic mass is 10.2. The van der Waals surface area contributed by atoms with Crippen LogP contribution in [-0.2, 0) is 0 Å². The number of carbonyl (C=O) groups excluding carboxylic acids is 1. The number of hydrogen-bond donors (Lipinski definition) is 0. The summed E-state index contributed by atoms with van der Waals surface area (Å²) in [5.41, 5.74) is 0.585. The molecule has 71 valence electrons. The zero-order valence-corrected chi connectivity index (χ0v) is 7.74. The number of Topliss-reactive ketones (excluding diaryl/α,β-unsaturated/α-hetero) is 1. The van der Waals surface area contributed by atoms with Crippen LogP contribution in [0, 0.1) is 6.92 Å². The average molecular weight is 189 g/mol. The summed E-state index contributed by atoms with van der Waals surface area (Å²) in [5.74, 6) is 0.544. The molecule has 0 bridgehead atoms. The number of ether oxygens (including phenoxy) is 1. The second kappa shape index (κ2) is 3.18. The van der Waals surface area contributed by atoms with Gasteiger partial charge in [0.15, 0.2) is 22.9 Å². The summed E-state index contributed by atoms with van der Waals surface area (Å²) < 4.78 is 10.4. The van der Waals surface area contributed by atoms with Gasteiger partial charge in [0.25, 0.3) is 0 Å². The Morgan fingerprint density at radius 3 is 2.93 bits per heavy atom. The topological polar surface area (TPSA) is 39.4 Å². The first-order valence-electron chi connectivity index (χ1n) is 4.15. The molecule has 2 rings (SSSR count). The molecule has 14 heavy (non-hydrogen) atoms. The van der Waals surface area contributed by atoms with Gasteiger partial charge in [0.2, 0.25) is 0 Å². The molecule has 0 saturated heterocycles. The first kappa shape index (κ1) is 8.81. The second-order valence-corrected chi connectivity index (χ2v) is 2.91. The molecule has 0 aliphatic carbocycles. The van der Waals surface area contributed by atoms with Gasteiger partial charge in [0.05, 0.1) is 7.11 Å². The molecule has 1 aromatic heterocycles. The lowest BCUT2D eigenvalue weighted by Crippen LogP contribution is -1.86. The van der Waals surface area contributed by atoms with Gasteiger partial charge in [-0.15, -0.1) is 0 Å². The summed E-state index contributed by atoms with van der Waals surface area (Å²) in [6, 6.07) is 7.14. The van der Waals surface area contributed by atoms with E-state index in [0.29, 0.717) is 11.3 Å². The minimum atomic E-state index is -0.330. The zero-order chi connectivity index (χ0) is 10.1. The molecule has 1 heterocycles. The molecule has 0 amide bonds. The molecule has 2 aromatic rings. The van der Waals surface area contributed by atoms with Crippen LogP contribution in [0.1, 0.15) is 10.6 Å². The molecule has 0 aliphatic heterocycles. The minimum absolute atomic E-state index is 0.254. The standard InChI is InChI=1S/C11H9O3/c1-7(12)10-6-8-4-3-5-9(13-2)11(8)14-10/h3-6H,1H2,2H3. The van der Waals surface area contributed by atoms with E-state index in [9.17, 15) is 4.79 Å². The zero-order valence-electron chi connectivity index (χ0n) is 7.74. The second-order valence-electron chi connectivity index (χ2n) is 2.91. The van der Waals surface area contributed by atoms with Crippen LogP contribution in [0.25, 0.3) is 11.0 Å². The Hall–Kier alpha value is -1.77. The number of benzene rings is 1. The van der Waals surface area contributed by atoms with E-state index in [2.05, 4.69) is 6.92 Å². The van der Waals surface area contributed by atoms with Crippen LogP contribution < -0.4 is 4.74 Å². The number of carbonyl (C=O) groups is 1. The fourth-order valence-corrected chi connectivity index (χ4v) is 1.33. The molecule has 3 nitrogen and oxygen atoms in total. The number of rotatable bonds is 2. The van der Waals surface area contributed by atoms with Crippen LogP contribution in [-0.4, -0.2) is 12.9 Å². The maximum Gasteiger partial charge on any atom is 0.198 e. The van der Waals surface area contributed by atoms with Crippen molar-refractivity contribution in [3.05, 3.63) is 36.9 Å². The number of furan rings is 1. The van der Waals surface area contributed by atoms with Crippen LogP contribution in [0.2, 0.25) is 0 Å². The third-order valence-electron chi connectivity index (χ3n) is 2.00. The number of para-hydroxylation sites is 1. The monoisotopic (exact) mass is 189 g/mol. The van der Waals surface area contributed by atoms with Crippen molar-refractivity contribution in [2.45, 2.75) is 0 Å². The van der Waals surface area contributed by atoms with Crippen molar-refractivity contribution in [3.8, 4) is 5.75 Å². The van der Waals surface area contributed by atoms with E-state index in [1.807, 2.05) is 12.1 Å². The fourth-order valence-electron chi connectivity index (χ4n) is 1.33. The Balaban J connectivity index is 2.70. The van der Waals surface area contributed by atoms with E-state index in [0.717, 1.165) is 5.39 Å². The largest absolute Gasteiger partial charge is 0.493 e. The van der Waals surface area contributed by atoms with Crippen molar-refractivity contribution < 1.29 is 13.9 Å². The van der Waals surface area contributed by atoms with Crippen LogP contribution in [0.3, 0.4) is 0 Å². The van der Waals surface area contributed by atoms with Crippen molar-refractivity contribution in [2.24, 2.45) is 0 Å². The van der Waals surface area contributed by atoms with E-state index in [4.69, 9.17) is 9.15 Å². The van der Waals surface area contributed by atoms with Gasteiger partial charge in [-0.2, -0.15) is 0 Å². The van der Waals surface area contributed by atoms with Gasteiger partial charge in [-0.3, -0.25) is 4.79 Å². The SMILES string of the molecule is [CH2]C(=O)c1cc2cccc(OC)c2o1. The first-order chi connectivity index (χ1) is 6.72. The molecule has 0 N–H and O–H groups in total. The first-order valence-corrected chi connectivity index (χ1v) is 4.15. The molecule has 0 fully saturated rings. The van der Waals surface area contributed by atoms with Gasteiger partial charge in [0, 0.05) is 12.3 Å². The average Bonchev–Trinajstić information content (AvgIpc) is 2.60. The lowest BCUT2D eigenvalue weighted by molar-refractivity contribution is 0.102. The maximum absolute atomic E-state index is 11.0. The van der Waals surface area contributed by atoms with Crippen molar-refractivity contribution in [1.82, 2.24) is 0 Å². The highest BCUT2D eigenvalue weighted by Gasteiger charge is 2.10. The number of fused-ring (bicyclic) bond motifs is 1. The maximum atomic E-state index is 11.0. The highest BCUT2D eigenvalue weighted by Crippen LogP contribution is 2.28. The third-order valence-corrected chi connectivity index (χ3v) is 2.00. The van der Waals surface area contributed by atoms with Crippen molar-refractivity contribution in [1.29, 1.82) is 0 Å². The quantitative estimate of drug-likeness (QED) is 0.681. The van der Waals surface area contributed by atoms with Crippen LogP contribution in [0.15, 0.2) is 28.7 Å². The Morgan fingerprint density at radius 1 is 1.50 bits per heavy atom. The van der Waals surface area contributed by atoms with E-state index in [1.54, 1.807) is 19.2 Å². The molecule has 0 unspecified atom stereocenters. The Bertz CT molecular complexity index is 482. The van der Waals surface area contributed by atoms with E-state index in [1.165, 1.54) is 0 Å². The molecular weight excluding hydrogens is 180 g/mol. The number of ketones is 1. The molecule has 0 saturated carbocycles. The van der Waals surface area contributed by atoms with Gasteiger partial charge in [-0.1, -0.05) is 12.1 Å². The normalized spacial score (nSPS) is 10.4. The molecule has 0 atom stereocenters. The van der Waals surface area contributed by atoms with Gasteiger partial charge in [-0.05, 0) is 12.1 Å². The number of methoxy groups -OCH3 is 1. The summed E-state index contributed by atoms with van der Waals surface area (Å²) in [6.45, 7) is 3.29. The molecule has 1 radical (unpaired) electrons. The summed E-state index contributed by atoms with van der Waals surface area (Å²) in [5, 5.41) is 0.844. The van der Waals surface area contributed by atoms with E-state index >= 15 is 0 Å². The van der Waals surface area contributed by atoms with E-state index < -0.39 is 0 Å². The van der Waals surface area contributed by atoms with Crippen LogP contribution in [0.5, 0.6) is 5.75 Å². The highest BCUT2D eigenvalue weighted by molar-refractivity contribution is 6.00. The third kappa shape index (κ3) is 1.27. The summed E-state index contributed by atoms with van der Waals surface area (Å²) >= 11 is 0. The van der Waals surface area contributed by atoms with Crippen molar-refractivity contribution in [3.63, 3.8) is 0 Å². The molecule has 3 heteroatoms. The highest BCUT2D eigenvalue weighted by atomic mass is 16.5. The van der Waals surface area contributed by atoms with Gasteiger partial charge in [0.1, 0.15) is 0 Å². The Morgan fingerprint density at radius 2 is 2.29 bits per heavy atom. The minimum Gasteiger partial charge on any atom is -0.493 e. The molecule has 1 aromatic carbocycles. The molecule has 0 aliphatic rings. The number of hydrogen-bond acceptors (Lipinski definition) is 3.